The minimum Gasteiger partial charge on any atom is -0.459 e. The van der Waals surface area contributed by atoms with E-state index in [4.69, 9.17) is 18.9 Å². The Morgan fingerprint density at radius 1 is 0.750 bits per heavy atom. The van der Waals surface area contributed by atoms with Crippen LogP contribution in [-0.2, 0) is 23.7 Å². The number of rotatable bonds is 7. The maximum atomic E-state index is 14.1. The Hall–Kier alpha value is -4.56. The summed E-state index contributed by atoms with van der Waals surface area (Å²) in [5, 5.41) is 0. The number of Topliss-reactive ketones (excluding diaryl/α,β-unsaturated/α-hetero) is 1. The second kappa shape index (κ2) is 10.5. The zero-order chi connectivity index (χ0) is 27.7. The molecule has 3 aromatic carbocycles. The molecule has 0 radical (unpaired) electrons. The van der Waals surface area contributed by atoms with E-state index in [1.807, 2.05) is 12.2 Å². The lowest BCUT2D eigenvalue weighted by Crippen LogP contribution is -2.66. The Morgan fingerprint density at radius 3 is 1.90 bits per heavy atom. The van der Waals surface area contributed by atoms with Crippen LogP contribution in [0.25, 0.3) is 0 Å². The zero-order valence-corrected chi connectivity index (χ0v) is 21.4. The molecule has 6 atom stereocenters. The molecule has 202 valence electrons. The van der Waals surface area contributed by atoms with Crippen LogP contribution in [0.2, 0.25) is 0 Å². The largest absolute Gasteiger partial charge is 0.459 e. The van der Waals surface area contributed by atoms with Crippen LogP contribution < -0.4 is 0 Å². The van der Waals surface area contributed by atoms with E-state index in [0.29, 0.717) is 12.0 Å². The van der Waals surface area contributed by atoms with Gasteiger partial charge in [0.05, 0.1) is 16.7 Å². The SMILES string of the molecule is O=C(OC[C@H]1O[C@H](OC(=O)c2ccccc2)C(=O)[C@]2(OC(=O)c3ccccc3)[C@H]1[C@@H]1C=C[C@H]2C1)c1ccccc1. The predicted octanol–water partition coefficient (Wildman–Crippen LogP) is 4.41. The van der Waals surface area contributed by atoms with Gasteiger partial charge in [0.25, 0.3) is 6.29 Å². The average molecular weight is 539 g/mol. The quantitative estimate of drug-likeness (QED) is 0.248. The first kappa shape index (κ1) is 25.7. The van der Waals surface area contributed by atoms with Crippen molar-refractivity contribution >= 4 is 23.7 Å². The number of carbonyl (C=O) groups is 4. The van der Waals surface area contributed by atoms with Crippen LogP contribution in [0.5, 0.6) is 0 Å². The third kappa shape index (κ3) is 4.50. The van der Waals surface area contributed by atoms with Crippen molar-refractivity contribution in [1.29, 1.82) is 0 Å². The molecule has 0 unspecified atom stereocenters. The zero-order valence-electron chi connectivity index (χ0n) is 21.4. The van der Waals surface area contributed by atoms with Crippen molar-refractivity contribution in [2.75, 3.05) is 6.61 Å². The van der Waals surface area contributed by atoms with Gasteiger partial charge in [-0.3, -0.25) is 4.79 Å². The lowest BCUT2D eigenvalue weighted by atomic mass is 9.71. The number of ether oxygens (including phenoxy) is 4. The Labute approximate surface area is 230 Å². The standard InChI is InChI=1S/C32H26O8/c33-27-31(39-29(35)21-12-6-2-7-13-21)38-25(19-37-28(34)20-10-4-1-5-11-20)26-23-16-17-24(18-23)32(26,27)40-30(36)22-14-8-3-9-15-22/h1-17,23-26,31H,18-19H2/t23-,24+,25-,26+,31-,32-/m1/s1. The van der Waals surface area contributed by atoms with Crippen molar-refractivity contribution in [3.63, 3.8) is 0 Å². The average Bonchev–Trinajstić information content (AvgIpc) is 3.61. The van der Waals surface area contributed by atoms with Crippen LogP contribution in [0.15, 0.2) is 103 Å². The van der Waals surface area contributed by atoms with E-state index in [1.165, 1.54) is 0 Å². The van der Waals surface area contributed by atoms with E-state index in [2.05, 4.69) is 0 Å². The lowest BCUT2D eigenvalue weighted by Gasteiger charge is -2.48. The summed E-state index contributed by atoms with van der Waals surface area (Å²) < 4.78 is 23.4. The summed E-state index contributed by atoms with van der Waals surface area (Å²) in [6, 6.07) is 25.1. The van der Waals surface area contributed by atoms with E-state index in [1.54, 1.807) is 91.0 Å². The molecule has 3 aliphatic rings. The summed E-state index contributed by atoms with van der Waals surface area (Å²) >= 11 is 0. The van der Waals surface area contributed by atoms with Crippen molar-refractivity contribution in [2.24, 2.45) is 17.8 Å². The van der Waals surface area contributed by atoms with Gasteiger partial charge in [0.1, 0.15) is 12.7 Å². The van der Waals surface area contributed by atoms with E-state index in [-0.39, 0.29) is 23.7 Å². The minimum atomic E-state index is -1.67. The molecule has 0 aromatic heterocycles. The minimum absolute atomic E-state index is 0.163. The third-order valence-electron chi connectivity index (χ3n) is 7.80. The van der Waals surface area contributed by atoms with E-state index >= 15 is 0 Å². The summed E-state index contributed by atoms with van der Waals surface area (Å²) in [7, 11) is 0. The molecule has 8 nitrogen and oxygen atoms in total. The predicted molar refractivity (Wildman–Crippen MR) is 141 cm³/mol. The molecule has 1 saturated heterocycles. The van der Waals surface area contributed by atoms with Gasteiger partial charge in [-0.1, -0.05) is 66.7 Å². The number of carbonyl (C=O) groups excluding carboxylic acids is 4. The number of allylic oxidation sites excluding steroid dienone is 1. The number of esters is 3. The monoisotopic (exact) mass is 538 g/mol. The Kier molecular flexibility index (Phi) is 6.77. The van der Waals surface area contributed by atoms with Crippen LogP contribution in [0.3, 0.4) is 0 Å². The maximum absolute atomic E-state index is 14.1. The Morgan fingerprint density at radius 2 is 1.30 bits per heavy atom. The van der Waals surface area contributed by atoms with Crippen molar-refractivity contribution in [3.8, 4) is 0 Å². The highest BCUT2D eigenvalue weighted by Gasteiger charge is 2.70. The van der Waals surface area contributed by atoms with Gasteiger partial charge in [-0.05, 0) is 48.7 Å². The van der Waals surface area contributed by atoms with Gasteiger partial charge in [-0.15, -0.1) is 0 Å². The van der Waals surface area contributed by atoms with Crippen LogP contribution in [0.1, 0.15) is 37.5 Å². The highest BCUT2D eigenvalue weighted by Crippen LogP contribution is 2.57. The molecule has 8 heteroatoms. The van der Waals surface area contributed by atoms with Crippen molar-refractivity contribution < 1.29 is 38.1 Å². The number of ketones is 1. The fraction of sp³-hybridized carbons (Fsp3) is 0.250. The molecule has 1 aliphatic heterocycles. The van der Waals surface area contributed by atoms with E-state index in [0.717, 1.165) is 0 Å². The maximum Gasteiger partial charge on any atom is 0.340 e. The van der Waals surface area contributed by atoms with Crippen molar-refractivity contribution in [1.82, 2.24) is 0 Å². The molecule has 2 aliphatic carbocycles. The molecule has 3 aromatic rings. The highest BCUT2D eigenvalue weighted by molar-refractivity contribution is 6.00. The van der Waals surface area contributed by atoms with E-state index < -0.39 is 53.5 Å². The van der Waals surface area contributed by atoms with Crippen LogP contribution in [0.4, 0.5) is 0 Å². The van der Waals surface area contributed by atoms with Gasteiger partial charge in [-0.2, -0.15) is 0 Å². The summed E-state index contributed by atoms with van der Waals surface area (Å²) in [4.78, 5) is 53.2. The number of hydrogen-bond donors (Lipinski definition) is 0. The first-order valence-corrected chi connectivity index (χ1v) is 13.1. The second-order valence-electron chi connectivity index (χ2n) is 10.1. The summed E-state index contributed by atoms with van der Waals surface area (Å²) in [5.74, 6) is -3.90. The fourth-order valence-corrected chi connectivity index (χ4v) is 6.02. The summed E-state index contributed by atoms with van der Waals surface area (Å²) in [6.45, 7) is -0.229. The van der Waals surface area contributed by atoms with E-state index in [9.17, 15) is 19.2 Å². The molecule has 2 bridgehead atoms. The fourth-order valence-electron chi connectivity index (χ4n) is 6.02. The van der Waals surface area contributed by atoms with Crippen molar-refractivity contribution in [3.05, 3.63) is 120 Å². The highest BCUT2D eigenvalue weighted by atomic mass is 16.7. The second-order valence-corrected chi connectivity index (χ2v) is 10.1. The number of benzene rings is 3. The topological polar surface area (TPSA) is 105 Å². The molecule has 6 rings (SSSR count). The Bertz CT molecular complexity index is 1450. The number of fused-ring (bicyclic) bond motifs is 5. The van der Waals surface area contributed by atoms with Gasteiger partial charge in [0.2, 0.25) is 5.78 Å². The van der Waals surface area contributed by atoms with Gasteiger partial charge < -0.3 is 18.9 Å². The molecular weight excluding hydrogens is 512 g/mol. The smallest absolute Gasteiger partial charge is 0.340 e. The Balaban J connectivity index is 1.33. The van der Waals surface area contributed by atoms with Gasteiger partial charge >= 0.3 is 17.9 Å². The van der Waals surface area contributed by atoms with Gasteiger partial charge in [0, 0.05) is 11.8 Å². The molecular formula is C32H26O8. The lowest BCUT2D eigenvalue weighted by molar-refractivity contribution is -0.236. The van der Waals surface area contributed by atoms with Crippen LogP contribution in [0, 0.1) is 17.8 Å². The van der Waals surface area contributed by atoms with Crippen LogP contribution >= 0.6 is 0 Å². The first-order valence-electron chi connectivity index (χ1n) is 13.1. The molecule has 2 fully saturated rings. The normalized spacial score (nSPS) is 28.0. The molecule has 0 amide bonds. The number of hydrogen-bond acceptors (Lipinski definition) is 8. The molecule has 1 heterocycles. The van der Waals surface area contributed by atoms with Crippen LogP contribution in [-0.4, -0.2) is 48.3 Å². The molecule has 1 saturated carbocycles. The first-order chi connectivity index (χ1) is 19.5. The van der Waals surface area contributed by atoms with Gasteiger partial charge in [-0.25, -0.2) is 14.4 Å². The summed E-state index contributed by atoms with van der Waals surface area (Å²) in [6.07, 6.45) is 1.84. The molecule has 0 N–H and O–H groups in total. The molecule has 40 heavy (non-hydrogen) atoms. The summed E-state index contributed by atoms with van der Waals surface area (Å²) in [5.41, 5.74) is -0.783. The molecule has 0 spiro atoms. The van der Waals surface area contributed by atoms with Crippen molar-refractivity contribution in [2.45, 2.75) is 24.4 Å². The van der Waals surface area contributed by atoms with Gasteiger partial charge in [0.15, 0.2) is 5.60 Å². The third-order valence-corrected chi connectivity index (χ3v) is 7.80.